The fraction of sp³-hybridized carbons (Fsp3) is 0.900. The van der Waals surface area contributed by atoms with Crippen molar-refractivity contribution in [1.29, 1.82) is 0 Å². The van der Waals surface area contributed by atoms with Crippen LogP contribution in [0.4, 0.5) is 0 Å². The van der Waals surface area contributed by atoms with Crippen LogP contribution in [-0.2, 0) is 4.79 Å². The minimum Gasteiger partial charge on any atom is -0.341 e. The number of rotatable bonds is 2. The van der Waals surface area contributed by atoms with Crippen molar-refractivity contribution in [3.63, 3.8) is 0 Å². The number of amides is 1. The molecule has 1 amide bonds. The maximum atomic E-state index is 11.4. The van der Waals surface area contributed by atoms with Crippen LogP contribution in [0.1, 0.15) is 39.0 Å². The molecule has 0 aromatic carbocycles. The quantitative estimate of drug-likeness (QED) is 0.614. The molecule has 0 radical (unpaired) electrons. The van der Waals surface area contributed by atoms with Gasteiger partial charge < -0.3 is 4.90 Å². The third-order valence-electron chi connectivity index (χ3n) is 3.28. The van der Waals surface area contributed by atoms with Crippen molar-refractivity contribution in [2.24, 2.45) is 5.41 Å². The molecule has 0 bridgehead atoms. The van der Waals surface area contributed by atoms with Crippen LogP contribution in [0.5, 0.6) is 0 Å². The Bertz CT molecular complexity index is 188. The average molecular weight is 167 g/mol. The number of nitrogens with zero attached hydrogens (tertiary/aromatic N) is 1. The molecule has 12 heavy (non-hydrogen) atoms. The van der Waals surface area contributed by atoms with Crippen molar-refractivity contribution in [2.75, 3.05) is 13.1 Å². The lowest BCUT2D eigenvalue weighted by atomic mass is 9.63. The summed E-state index contributed by atoms with van der Waals surface area (Å²) in [5, 5.41) is 0. The standard InChI is InChI=1S/C10H17NO/c1-2-4-9(12)11-7-10(8-11)5-3-6-10/h2-8H2,1H3. The van der Waals surface area contributed by atoms with Gasteiger partial charge in [-0.2, -0.15) is 0 Å². The first-order valence-corrected chi connectivity index (χ1v) is 5.04. The van der Waals surface area contributed by atoms with E-state index in [0.29, 0.717) is 11.3 Å². The van der Waals surface area contributed by atoms with E-state index in [-0.39, 0.29) is 0 Å². The number of carbonyl (C=O) groups is 1. The minimum absolute atomic E-state index is 0.370. The number of hydrogen-bond donors (Lipinski definition) is 0. The Kier molecular flexibility index (Phi) is 1.85. The molecule has 0 aromatic heterocycles. The van der Waals surface area contributed by atoms with Crippen molar-refractivity contribution in [3.8, 4) is 0 Å². The zero-order chi connectivity index (χ0) is 8.60. The molecule has 2 heteroatoms. The number of carbonyl (C=O) groups excluding carboxylic acids is 1. The first kappa shape index (κ1) is 8.09. The fourth-order valence-electron chi connectivity index (χ4n) is 2.30. The van der Waals surface area contributed by atoms with Gasteiger partial charge in [0.2, 0.25) is 5.91 Å². The van der Waals surface area contributed by atoms with Crippen LogP contribution in [0.3, 0.4) is 0 Å². The highest BCUT2D eigenvalue weighted by atomic mass is 16.2. The Labute approximate surface area is 73.9 Å². The van der Waals surface area contributed by atoms with Gasteiger partial charge in [-0.1, -0.05) is 13.3 Å². The summed E-state index contributed by atoms with van der Waals surface area (Å²) >= 11 is 0. The smallest absolute Gasteiger partial charge is 0.222 e. The summed E-state index contributed by atoms with van der Waals surface area (Å²) in [6.07, 6.45) is 5.85. The Morgan fingerprint density at radius 3 is 2.50 bits per heavy atom. The predicted molar refractivity (Wildman–Crippen MR) is 47.8 cm³/mol. The van der Waals surface area contributed by atoms with E-state index >= 15 is 0 Å². The SMILES string of the molecule is CCCC(=O)N1CC2(CCC2)C1. The largest absolute Gasteiger partial charge is 0.341 e. The van der Waals surface area contributed by atoms with E-state index in [1.807, 2.05) is 4.90 Å². The summed E-state index contributed by atoms with van der Waals surface area (Å²) in [5.41, 5.74) is 0.601. The number of hydrogen-bond acceptors (Lipinski definition) is 1. The van der Waals surface area contributed by atoms with Crippen LogP contribution in [0.2, 0.25) is 0 Å². The highest BCUT2D eigenvalue weighted by molar-refractivity contribution is 5.77. The summed E-state index contributed by atoms with van der Waals surface area (Å²) in [5.74, 6) is 0.370. The fourth-order valence-corrected chi connectivity index (χ4v) is 2.30. The lowest BCUT2D eigenvalue weighted by Crippen LogP contribution is -2.61. The topological polar surface area (TPSA) is 20.3 Å². The summed E-state index contributed by atoms with van der Waals surface area (Å²) in [4.78, 5) is 13.4. The highest BCUT2D eigenvalue weighted by Crippen LogP contribution is 2.48. The molecule has 2 fully saturated rings. The number of likely N-dealkylation sites (tertiary alicyclic amines) is 1. The normalized spacial score (nSPS) is 24.9. The van der Waals surface area contributed by atoms with E-state index in [1.165, 1.54) is 19.3 Å². The molecular formula is C10H17NO. The third kappa shape index (κ3) is 1.13. The molecule has 1 aliphatic carbocycles. The highest BCUT2D eigenvalue weighted by Gasteiger charge is 2.48. The van der Waals surface area contributed by atoms with E-state index in [1.54, 1.807) is 0 Å². The van der Waals surface area contributed by atoms with Gasteiger partial charge in [0, 0.05) is 24.9 Å². The van der Waals surface area contributed by atoms with Crippen molar-refractivity contribution >= 4 is 5.91 Å². The van der Waals surface area contributed by atoms with E-state index in [4.69, 9.17) is 0 Å². The minimum atomic E-state index is 0.370. The lowest BCUT2D eigenvalue weighted by Gasteiger charge is -2.56. The van der Waals surface area contributed by atoms with E-state index in [2.05, 4.69) is 6.92 Å². The molecule has 0 unspecified atom stereocenters. The van der Waals surface area contributed by atoms with Gasteiger partial charge in [0.15, 0.2) is 0 Å². The molecule has 1 saturated heterocycles. The van der Waals surface area contributed by atoms with Crippen LogP contribution in [-0.4, -0.2) is 23.9 Å². The molecule has 2 nitrogen and oxygen atoms in total. The van der Waals surface area contributed by atoms with Crippen molar-refractivity contribution in [1.82, 2.24) is 4.90 Å². The lowest BCUT2D eigenvalue weighted by molar-refractivity contribution is -0.149. The predicted octanol–water partition coefficient (Wildman–Crippen LogP) is 1.80. The van der Waals surface area contributed by atoms with Gasteiger partial charge in [0.05, 0.1) is 0 Å². The molecular weight excluding hydrogens is 150 g/mol. The Balaban J connectivity index is 1.76. The summed E-state index contributed by atoms with van der Waals surface area (Å²) < 4.78 is 0. The van der Waals surface area contributed by atoms with Gasteiger partial charge in [-0.3, -0.25) is 4.79 Å². The van der Waals surface area contributed by atoms with Gasteiger partial charge >= 0.3 is 0 Å². The average Bonchev–Trinajstić information content (AvgIpc) is 1.81. The second-order valence-corrected chi connectivity index (χ2v) is 4.35. The van der Waals surface area contributed by atoms with Crippen molar-refractivity contribution < 1.29 is 4.79 Å². The van der Waals surface area contributed by atoms with Crippen LogP contribution in [0, 0.1) is 5.41 Å². The van der Waals surface area contributed by atoms with Gasteiger partial charge in [-0.25, -0.2) is 0 Å². The maximum Gasteiger partial charge on any atom is 0.222 e. The molecule has 1 aliphatic heterocycles. The molecule has 0 aromatic rings. The monoisotopic (exact) mass is 167 g/mol. The molecule has 1 heterocycles. The molecule has 1 spiro atoms. The zero-order valence-corrected chi connectivity index (χ0v) is 7.81. The zero-order valence-electron chi connectivity index (χ0n) is 7.81. The van der Waals surface area contributed by atoms with Gasteiger partial charge in [0.25, 0.3) is 0 Å². The molecule has 2 aliphatic rings. The molecule has 1 saturated carbocycles. The van der Waals surface area contributed by atoms with E-state index in [0.717, 1.165) is 25.9 Å². The van der Waals surface area contributed by atoms with Crippen molar-refractivity contribution in [3.05, 3.63) is 0 Å². The first-order chi connectivity index (χ1) is 5.76. The van der Waals surface area contributed by atoms with Crippen molar-refractivity contribution in [2.45, 2.75) is 39.0 Å². The van der Waals surface area contributed by atoms with Crippen LogP contribution in [0.25, 0.3) is 0 Å². The summed E-state index contributed by atoms with van der Waals surface area (Å²) in [6, 6.07) is 0. The Morgan fingerprint density at radius 2 is 2.08 bits per heavy atom. The van der Waals surface area contributed by atoms with E-state index < -0.39 is 0 Å². The third-order valence-corrected chi connectivity index (χ3v) is 3.28. The Morgan fingerprint density at radius 1 is 1.42 bits per heavy atom. The van der Waals surface area contributed by atoms with Gasteiger partial charge in [0.1, 0.15) is 0 Å². The van der Waals surface area contributed by atoms with Gasteiger partial charge in [-0.15, -0.1) is 0 Å². The molecule has 0 N–H and O–H groups in total. The molecule has 68 valence electrons. The first-order valence-electron chi connectivity index (χ1n) is 5.04. The summed E-state index contributed by atoms with van der Waals surface area (Å²) in [6.45, 7) is 4.19. The van der Waals surface area contributed by atoms with Gasteiger partial charge in [-0.05, 0) is 19.3 Å². The Hall–Kier alpha value is -0.530. The molecule has 0 atom stereocenters. The second kappa shape index (κ2) is 2.75. The summed E-state index contributed by atoms with van der Waals surface area (Å²) in [7, 11) is 0. The van der Waals surface area contributed by atoms with Crippen LogP contribution < -0.4 is 0 Å². The molecule has 2 rings (SSSR count). The van der Waals surface area contributed by atoms with E-state index in [9.17, 15) is 4.79 Å². The van der Waals surface area contributed by atoms with Crippen LogP contribution in [0.15, 0.2) is 0 Å². The van der Waals surface area contributed by atoms with Crippen LogP contribution >= 0.6 is 0 Å². The maximum absolute atomic E-state index is 11.4. The second-order valence-electron chi connectivity index (χ2n) is 4.35.